The first-order valence-electron chi connectivity index (χ1n) is 3.54. The molecule has 5 nitrogen and oxygen atoms in total. The van der Waals surface area contributed by atoms with Gasteiger partial charge in [-0.05, 0) is 12.1 Å². The Kier molecular flexibility index (Phi) is 3.31. The largest absolute Gasteiger partial charge is 0.368 e. The Hall–Kier alpha value is -1.33. The summed E-state index contributed by atoms with van der Waals surface area (Å²) in [6.07, 6.45) is 1.81. The second-order valence-electron chi connectivity index (χ2n) is 2.27. The summed E-state index contributed by atoms with van der Waals surface area (Å²) in [6.45, 7) is 0.418. The fourth-order valence-electron chi connectivity index (χ4n) is 0.728. The number of aromatic nitrogens is 1. The highest BCUT2D eigenvalue weighted by Gasteiger charge is 1.94. The molecule has 0 radical (unpaired) electrons. The lowest BCUT2D eigenvalue weighted by molar-refractivity contribution is -0.125. The van der Waals surface area contributed by atoms with E-state index in [1.54, 1.807) is 0 Å². The molecule has 0 spiro atoms. The summed E-state index contributed by atoms with van der Waals surface area (Å²) >= 11 is 0. The van der Waals surface area contributed by atoms with E-state index in [2.05, 4.69) is 10.5 Å². The van der Waals surface area contributed by atoms with Crippen LogP contribution in [-0.2, 0) is 16.2 Å². The minimum Gasteiger partial charge on any atom is -0.368 e. The van der Waals surface area contributed by atoms with Gasteiger partial charge < -0.3 is 10.7 Å². The van der Waals surface area contributed by atoms with E-state index in [0.717, 1.165) is 5.69 Å². The Bertz CT molecular complexity index is 233. The lowest BCUT2D eigenvalue weighted by Gasteiger charge is -2.01. The van der Waals surface area contributed by atoms with Crippen molar-refractivity contribution in [1.29, 1.82) is 0 Å². The van der Waals surface area contributed by atoms with Gasteiger partial charge in [-0.25, -0.2) is 0 Å². The number of amides is 1. The molecule has 1 aromatic heterocycles. The van der Waals surface area contributed by atoms with Gasteiger partial charge >= 0.3 is 0 Å². The number of hydroxylamine groups is 1. The molecular formula is C7H11N3O2. The van der Waals surface area contributed by atoms with Gasteiger partial charge in [-0.15, -0.1) is 0 Å². The zero-order valence-electron chi connectivity index (χ0n) is 6.54. The van der Waals surface area contributed by atoms with Gasteiger partial charge in [-0.2, -0.15) is 5.48 Å². The highest BCUT2D eigenvalue weighted by Crippen LogP contribution is 1.91. The van der Waals surface area contributed by atoms with Gasteiger partial charge in [-0.3, -0.25) is 9.63 Å². The summed E-state index contributed by atoms with van der Waals surface area (Å²) in [7, 11) is 0. The summed E-state index contributed by atoms with van der Waals surface area (Å²) in [5.41, 5.74) is 8.41. The molecule has 1 aromatic rings. The molecule has 5 heteroatoms. The number of carbonyl (C=O) groups is 1. The number of aromatic amines is 1. The fraction of sp³-hybridized carbons (Fsp3) is 0.286. The fourth-order valence-corrected chi connectivity index (χ4v) is 0.728. The molecule has 1 rings (SSSR count). The van der Waals surface area contributed by atoms with Crippen LogP contribution in [0.4, 0.5) is 0 Å². The van der Waals surface area contributed by atoms with Crippen LogP contribution in [0, 0.1) is 0 Å². The lowest BCUT2D eigenvalue weighted by atomic mass is 10.4. The van der Waals surface area contributed by atoms with Gasteiger partial charge in [-0.1, -0.05) is 0 Å². The third-order valence-electron chi connectivity index (χ3n) is 1.24. The molecule has 0 fully saturated rings. The van der Waals surface area contributed by atoms with E-state index in [4.69, 9.17) is 10.6 Å². The Morgan fingerprint density at radius 3 is 3.17 bits per heavy atom. The summed E-state index contributed by atoms with van der Waals surface area (Å²) < 4.78 is 0. The monoisotopic (exact) mass is 169 g/mol. The first-order chi connectivity index (χ1) is 5.79. The van der Waals surface area contributed by atoms with Crippen molar-refractivity contribution in [3.63, 3.8) is 0 Å². The van der Waals surface area contributed by atoms with Crippen molar-refractivity contribution in [2.24, 2.45) is 5.73 Å². The van der Waals surface area contributed by atoms with Gasteiger partial charge in [0.25, 0.3) is 0 Å². The molecular weight excluding hydrogens is 158 g/mol. The Labute approximate surface area is 69.9 Å². The molecule has 66 valence electrons. The Balaban J connectivity index is 2.07. The van der Waals surface area contributed by atoms with E-state index in [0.29, 0.717) is 6.54 Å². The molecule has 0 bridgehead atoms. The van der Waals surface area contributed by atoms with Gasteiger partial charge in [0.15, 0.2) is 0 Å². The minimum atomic E-state index is -0.492. The molecule has 4 N–H and O–H groups in total. The minimum absolute atomic E-state index is 0.110. The van der Waals surface area contributed by atoms with Crippen LogP contribution in [-0.4, -0.2) is 17.5 Å². The van der Waals surface area contributed by atoms with Crippen molar-refractivity contribution in [3.05, 3.63) is 24.0 Å². The third kappa shape index (κ3) is 3.18. The van der Waals surface area contributed by atoms with Gasteiger partial charge in [0, 0.05) is 11.9 Å². The predicted molar refractivity (Wildman–Crippen MR) is 42.8 cm³/mol. The molecule has 0 saturated carbocycles. The van der Waals surface area contributed by atoms with Gasteiger partial charge in [0.05, 0.1) is 6.54 Å². The first-order valence-corrected chi connectivity index (χ1v) is 3.54. The Morgan fingerprint density at radius 1 is 1.75 bits per heavy atom. The maximum absolute atomic E-state index is 10.2. The van der Waals surface area contributed by atoms with Crippen LogP contribution in [0.15, 0.2) is 18.3 Å². The Morgan fingerprint density at radius 2 is 2.58 bits per heavy atom. The van der Waals surface area contributed by atoms with Crippen molar-refractivity contribution < 1.29 is 9.63 Å². The molecule has 0 aliphatic heterocycles. The topological polar surface area (TPSA) is 80.1 Å². The number of hydrogen-bond donors (Lipinski definition) is 3. The summed E-state index contributed by atoms with van der Waals surface area (Å²) in [4.78, 5) is 17.9. The van der Waals surface area contributed by atoms with Crippen molar-refractivity contribution >= 4 is 5.91 Å². The maximum Gasteiger partial charge on any atom is 0.245 e. The van der Waals surface area contributed by atoms with Crippen molar-refractivity contribution in [2.75, 3.05) is 6.61 Å². The highest BCUT2D eigenvalue weighted by atomic mass is 16.6. The summed E-state index contributed by atoms with van der Waals surface area (Å²) in [5, 5.41) is 0. The summed E-state index contributed by atoms with van der Waals surface area (Å²) in [6, 6.07) is 3.78. The van der Waals surface area contributed by atoms with Crippen molar-refractivity contribution in [3.8, 4) is 0 Å². The normalized spacial score (nSPS) is 10.0. The van der Waals surface area contributed by atoms with Crippen LogP contribution in [0.5, 0.6) is 0 Å². The van der Waals surface area contributed by atoms with Crippen LogP contribution in [0.3, 0.4) is 0 Å². The van der Waals surface area contributed by atoms with Crippen LogP contribution in [0.2, 0.25) is 0 Å². The zero-order valence-corrected chi connectivity index (χ0v) is 6.54. The van der Waals surface area contributed by atoms with E-state index in [9.17, 15) is 4.79 Å². The summed E-state index contributed by atoms with van der Waals surface area (Å²) in [5.74, 6) is -0.492. The molecule has 1 heterocycles. The van der Waals surface area contributed by atoms with Crippen LogP contribution in [0.25, 0.3) is 0 Å². The molecule has 12 heavy (non-hydrogen) atoms. The number of carbonyl (C=O) groups excluding carboxylic acids is 1. The van der Waals surface area contributed by atoms with Gasteiger partial charge in [0.1, 0.15) is 6.61 Å². The maximum atomic E-state index is 10.2. The van der Waals surface area contributed by atoms with E-state index in [1.807, 2.05) is 18.3 Å². The molecule has 0 aliphatic rings. The van der Waals surface area contributed by atoms with Crippen LogP contribution < -0.4 is 11.2 Å². The number of nitrogens with two attached hydrogens (primary N) is 1. The molecule has 0 aromatic carbocycles. The number of nitrogens with one attached hydrogen (secondary N) is 2. The molecule has 1 amide bonds. The predicted octanol–water partition coefficient (Wildman–Crippen LogP) is -0.479. The molecule has 0 atom stereocenters. The average molecular weight is 169 g/mol. The van der Waals surface area contributed by atoms with E-state index >= 15 is 0 Å². The third-order valence-corrected chi connectivity index (χ3v) is 1.24. The van der Waals surface area contributed by atoms with E-state index < -0.39 is 5.91 Å². The van der Waals surface area contributed by atoms with E-state index in [1.165, 1.54) is 0 Å². The standard InChI is InChI=1S/C7H11N3O2/c8-7(11)5-12-10-4-6-2-1-3-9-6/h1-3,9-10H,4-5H2,(H2,8,11). The number of primary amides is 1. The first kappa shape index (κ1) is 8.76. The van der Waals surface area contributed by atoms with E-state index in [-0.39, 0.29) is 6.61 Å². The van der Waals surface area contributed by atoms with Crippen LogP contribution >= 0.6 is 0 Å². The van der Waals surface area contributed by atoms with Gasteiger partial charge in [0.2, 0.25) is 5.91 Å². The second-order valence-corrected chi connectivity index (χ2v) is 2.27. The smallest absolute Gasteiger partial charge is 0.245 e. The zero-order chi connectivity index (χ0) is 8.81. The molecule has 0 unspecified atom stereocenters. The number of rotatable bonds is 5. The van der Waals surface area contributed by atoms with Crippen LogP contribution in [0.1, 0.15) is 5.69 Å². The second kappa shape index (κ2) is 4.53. The lowest BCUT2D eigenvalue weighted by Crippen LogP contribution is -2.24. The number of H-pyrrole nitrogens is 1. The average Bonchev–Trinajstić information content (AvgIpc) is 2.49. The SMILES string of the molecule is NC(=O)CONCc1ccc[nH]1. The molecule has 0 saturated heterocycles. The number of hydrogen-bond acceptors (Lipinski definition) is 3. The molecule has 0 aliphatic carbocycles. The van der Waals surface area contributed by atoms with Crippen molar-refractivity contribution in [2.45, 2.75) is 6.54 Å². The van der Waals surface area contributed by atoms with Crippen molar-refractivity contribution in [1.82, 2.24) is 10.5 Å². The highest BCUT2D eigenvalue weighted by molar-refractivity contribution is 5.74. The quantitative estimate of drug-likeness (QED) is 0.411.